The van der Waals surface area contributed by atoms with Gasteiger partial charge in [0.05, 0.1) is 15.7 Å². The Morgan fingerprint density at radius 2 is 1.69 bits per heavy atom. The molecule has 2 aromatic carbocycles. The van der Waals surface area contributed by atoms with Crippen molar-refractivity contribution in [2.45, 2.75) is 0 Å². The van der Waals surface area contributed by atoms with Gasteiger partial charge >= 0.3 is 0 Å². The van der Waals surface area contributed by atoms with Gasteiger partial charge in [0.15, 0.2) is 5.11 Å². The molecule has 8 heteroatoms. The lowest BCUT2D eigenvalue weighted by atomic mass is 10.1. The Bertz CT molecular complexity index is 1170. The second kappa shape index (κ2) is 7.83. The number of amides is 2. The lowest BCUT2D eigenvalue weighted by molar-refractivity contribution is -0.122. The first-order valence-electron chi connectivity index (χ1n) is 8.55. The molecule has 1 saturated heterocycles. The predicted molar refractivity (Wildman–Crippen MR) is 118 cm³/mol. The summed E-state index contributed by atoms with van der Waals surface area (Å²) in [4.78, 5) is 26.9. The first kappa shape index (κ1) is 19.4. The van der Waals surface area contributed by atoms with Crippen LogP contribution in [-0.4, -0.2) is 21.5 Å². The van der Waals surface area contributed by atoms with Crippen LogP contribution in [0.4, 0.5) is 5.69 Å². The van der Waals surface area contributed by atoms with Crippen molar-refractivity contribution in [3.63, 3.8) is 0 Å². The third-order valence-electron chi connectivity index (χ3n) is 4.38. The van der Waals surface area contributed by atoms with Crippen LogP contribution in [0.1, 0.15) is 5.69 Å². The molecule has 3 aromatic rings. The third-order valence-corrected chi connectivity index (χ3v) is 5.47. The van der Waals surface area contributed by atoms with Gasteiger partial charge in [-0.15, -0.1) is 0 Å². The molecule has 0 aliphatic carbocycles. The Labute approximate surface area is 182 Å². The van der Waals surface area contributed by atoms with E-state index in [1.165, 1.54) is 11.0 Å². The fraction of sp³-hybridized carbons (Fsp3) is 0. The zero-order chi connectivity index (χ0) is 20.5. The summed E-state index contributed by atoms with van der Waals surface area (Å²) < 4.78 is 1.87. The van der Waals surface area contributed by atoms with Crippen LogP contribution in [0.3, 0.4) is 0 Å². The molecule has 144 valence electrons. The van der Waals surface area contributed by atoms with Crippen LogP contribution in [0.5, 0.6) is 0 Å². The van der Waals surface area contributed by atoms with Gasteiger partial charge in [-0.25, -0.2) is 0 Å². The molecular formula is C21H13Cl2N3O2S. The van der Waals surface area contributed by atoms with Crippen LogP contribution >= 0.6 is 35.4 Å². The third kappa shape index (κ3) is 3.58. The molecule has 0 radical (unpaired) electrons. The smallest absolute Gasteiger partial charge is 0.270 e. The van der Waals surface area contributed by atoms with Crippen LogP contribution in [0.25, 0.3) is 11.8 Å². The molecule has 0 saturated carbocycles. The molecular weight excluding hydrogens is 429 g/mol. The highest BCUT2D eigenvalue weighted by atomic mass is 35.5. The number of carbonyl (C=O) groups excluding carboxylic acids is 2. The molecule has 0 bridgehead atoms. The summed E-state index contributed by atoms with van der Waals surface area (Å²) in [6.07, 6.45) is 3.38. The van der Waals surface area contributed by atoms with Crippen molar-refractivity contribution in [2.75, 3.05) is 4.90 Å². The van der Waals surface area contributed by atoms with E-state index < -0.39 is 11.8 Å². The van der Waals surface area contributed by atoms with Crippen molar-refractivity contribution in [3.05, 3.63) is 88.2 Å². The van der Waals surface area contributed by atoms with Gasteiger partial charge in [-0.1, -0.05) is 47.5 Å². The van der Waals surface area contributed by atoms with Gasteiger partial charge in [0.1, 0.15) is 5.57 Å². The van der Waals surface area contributed by atoms with Crippen LogP contribution < -0.4 is 10.2 Å². The molecule has 0 unspecified atom stereocenters. The molecule has 1 aromatic heterocycles. The number of hydrogen-bond acceptors (Lipinski definition) is 3. The zero-order valence-electron chi connectivity index (χ0n) is 14.8. The fourth-order valence-electron chi connectivity index (χ4n) is 3.02. The van der Waals surface area contributed by atoms with Gasteiger partial charge in [0, 0.05) is 17.6 Å². The average Bonchev–Trinajstić information content (AvgIpc) is 3.17. The number of para-hydroxylation sites is 1. The quantitative estimate of drug-likeness (QED) is 0.366. The molecule has 1 aliphatic rings. The maximum atomic E-state index is 13.2. The Hall–Kier alpha value is -2.93. The van der Waals surface area contributed by atoms with Crippen LogP contribution in [-0.2, 0) is 9.59 Å². The summed E-state index contributed by atoms with van der Waals surface area (Å²) in [5, 5.41) is 2.94. The van der Waals surface area contributed by atoms with E-state index in [1.54, 1.807) is 18.2 Å². The minimum atomic E-state index is -0.580. The number of carbonyl (C=O) groups is 2. The van der Waals surface area contributed by atoms with E-state index >= 15 is 0 Å². The minimum Gasteiger partial charge on any atom is -0.317 e. The van der Waals surface area contributed by atoms with E-state index in [-0.39, 0.29) is 20.7 Å². The highest BCUT2D eigenvalue weighted by Gasteiger charge is 2.35. The first-order valence-corrected chi connectivity index (χ1v) is 9.72. The Morgan fingerprint density at radius 3 is 2.45 bits per heavy atom. The number of thiocarbonyl (C=S) groups is 1. The van der Waals surface area contributed by atoms with Crippen molar-refractivity contribution in [3.8, 4) is 5.69 Å². The lowest BCUT2D eigenvalue weighted by Gasteiger charge is -2.29. The molecule has 1 fully saturated rings. The summed E-state index contributed by atoms with van der Waals surface area (Å²) in [6.45, 7) is 0. The number of rotatable bonds is 3. The second-order valence-electron chi connectivity index (χ2n) is 6.17. The normalized spacial score (nSPS) is 15.7. The van der Waals surface area contributed by atoms with Crippen molar-refractivity contribution >= 4 is 64.1 Å². The summed E-state index contributed by atoms with van der Waals surface area (Å²) in [5.74, 6) is -1.15. The van der Waals surface area contributed by atoms with Crippen LogP contribution in [0.15, 0.2) is 72.4 Å². The number of nitrogens with one attached hydrogen (secondary N) is 1. The van der Waals surface area contributed by atoms with E-state index in [0.29, 0.717) is 11.4 Å². The molecule has 4 rings (SSSR count). The van der Waals surface area contributed by atoms with Gasteiger partial charge in [-0.2, -0.15) is 0 Å². The largest absolute Gasteiger partial charge is 0.317 e. The molecule has 5 nitrogen and oxygen atoms in total. The second-order valence-corrected chi connectivity index (χ2v) is 7.34. The SMILES string of the molecule is O=C1NC(=S)N(c2cccc(Cl)c2Cl)C(=O)C1=Cc1cccn1-c1ccccc1. The monoisotopic (exact) mass is 441 g/mol. The number of halogens is 2. The molecule has 2 amide bonds. The highest BCUT2D eigenvalue weighted by Crippen LogP contribution is 2.34. The van der Waals surface area contributed by atoms with E-state index in [0.717, 1.165) is 5.69 Å². The van der Waals surface area contributed by atoms with Crippen molar-refractivity contribution < 1.29 is 9.59 Å². The molecule has 0 spiro atoms. The average molecular weight is 442 g/mol. The number of hydrogen-bond donors (Lipinski definition) is 1. The van der Waals surface area contributed by atoms with E-state index in [9.17, 15) is 9.59 Å². The molecule has 2 heterocycles. The molecule has 1 aliphatic heterocycles. The zero-order valence-corrected chi connectivity index (χ0v) is 17.1. The van der Waals surface area contributed by atoms with E-state index in [1.807, 2.05) is 53.2 Å². The van der Waals surface area contributed by atoms with Crippen molar-refractivity contribution in [1.29, 1.82) is 0 Å². The van der Waals surface area contributed by atoms with Crippen molar-refractivity contribution in [2.24, 2.45) is 0 Å². The van der Waals surface area contributed by atoms with Gasteiger partial charge in [0.2, 0.25) is 0 Å². The highest BCUT2D eigenvalue weighted by molar-refractivity contribution is 7.80. The molecule has 0 atom stereocenters. The minimum absolute atomic E-state index is 0.0558. The van der Waals surface area contributed by atoms with Gasteiger partial charge < -0.3 is 4.57 Å². The van der Waals surface area contributed by atoms with Gasteiger partial charge in [0.25, 0.3) is 11.8 Å². The first-order chi connectivity index (χ1) is 14.0. The van der Waals surface area contributed by atoms with Crippen molar-refractivity contribution in [1.82, 2.24) is 9.88 Å². The fourth-order valence-corrected chi connectivity index (χ4v) is 3.68. The van der Waals surface area contributed by atoms with Gasteiger partial charge in [-0.3, -0.25) is 19.8 Å². The Balaban J connectivity index is 1.78. The van der Waals surface area contributed by atoms with Crippen LogP contribution in [0, 0.1) is 0 Å². The molecule has 1 N–H and O–H groups in total. The Morgan fingerprint density at radius 1 is 0.931 bits per heavy atom. The Kier molecular flexibility index (Phi) is 5.24. The van der Waals surface area contributed by atoms with Crippen LogP contribution in [0.2, 0.25) is 10.0 Å². The predicted octanol–water partition coefficient (Wildman–Crippen LogP) is 4.62. The number of benzene rings is 2. The summed E-state index contributed by atoms with van der Waals surface area (Å²) in [7, 11) is 0. The topological polar surface area (TPSA) is 54.3 Å². The maximum absolute atomic E-state index is 13.2. The summed E-state index contributed by atoms with van der Waals surface area (Å²) in [5.41, 5.74) is 1.81. The standard InChI is InChI=1S/C21H13Cl2N3O2S/c22-16-9-4-10-17(18(16)23)26-20(28)15(19(27)24-21(26)29)12-14-8-5-11-25(14)13-6-2-1-3-7-13/h1-12H,(H,24,27,29). The van der Waals surface area contributed by atoms with Gasteiger partial charge in [-0.05, 0) is 54.7 Å². The number of nitrogens with zero attached hydrogens (tertiary/aromatic N) is 2. The number of anilines is 1. The molecule has 29 heavy (non-hydrogen) atoms. The lowest BCUT2D eigenvalue weighted by Crippen LogP contribution is -2.54. The maximum Gasteiger partial charge on any atom is 0.270 e. The van der Waals surface area contributed by atoms with E-state index in [2.05, 4.69) is 5.32 Å². The summed E-state index contributed by atoms with van der Waals surface area (Å²) >= 11 is 17.6. The summed E-state index contributed by atoms with van der Waals surface area (Å²) in [6, 6.07) is 18.1. The number of aromatic nitrogens is 1. The van der Waals surface area contributed by atoms with E-state index in [4.69, 9.17) is 35.4 Å².